The van der Waals surface area contributed by atoms with Crippen LogP contribution in [0.15, 0.2) is 30.3 Å². The quantitative estimate of drug-likeness (QED) is 0.781. The second-order valence-corrected chi connectivity index (χ2v) is 6.98. The van der Waals surface area contributed by atoms with Crippen molar-refractivity contribution in [2.24, 2.45) is 17.6 Å². The Hall–Kier alpha value is -1.39. The minimum Gasteiger partial charge on any atom is -0.370 e. The molecule has 1 saturated carbocycles. The Labute approximate surface area is 153 Å². The summed E-state index contributed by atoms with van der Waals surface area (Å²) in [6.45, 7) is 7.97. The van der Waals surface area contributed by atoms with Gasteiger partial charge in [-0.2, -0.15) is 0 Å². The molecule has 1 amide bonds. The average Bonchev–Trinajstić information content (AvgIpc) is 2.63. The molecule has 4 heteroatoms. The molecule has 25 heavy (non-hydrogen) atoms. The van der Waals surface area contributed by atoms with Gasteiger partial charge in [-0.1, -0.05) is 70.4 Å². The predicted molar refractivity (Wildman–Crippen MR) is 104 cm³/mol. The van der Waals surface area contributed by atoms with Gasteiger partial charge in [0, 0.05) is 19.0 Å². The van der Waals surface area contributed by atoms with E-state index in [1.165, 1.54) is 12.8 Å². The van der Waals surface area contributed by atoms with E-state index in [9.17, 15) is 4.79 Å². The molecule has 0 aliphatic heterocycles. The van der Waals surface area contributed by atoms with Crippen molar-refractivity contribution in [3.63, 3.8) is 0 Å². The summed E-state index contributed by atoms with van der Waals surface area (Å²) in [4.78, 5) is 12.4. The molecule has 1 aliphatic carbocycles. The molecule has 1 fully saturated rings. The van der Waals surface area contributed by atoms with Gasteiger partial charge >= 0.3 is 0 Å². The van der Waals surface area contributed by atoms with Crippen molar-refractivity contribution in [2.75, 3.05) is 19.7 Å². The first kappa shape index (κ1) is 21.7. The number of hydrogen-bond donors (Lipinski definition) is 2. The molecule has 1 aromatic rings. The smallest absolute Gasteiger partial charge is 0.223 e. The van der Waals surface area contributed by atoms with Crippen LogP contribution in [0.4, 0.5) is 0 Å². The molecule has 0 bridgehead atoms. The molecule has 1 aliphatic rings. The van der Waals surface area contributed by atoms with E-state index in [0.717, 1.165) is 24.8 Å². The molecule has 0 heterocycles. The van der Waals surface area contributed by atoms with Crippen molar-refractivity contribution in [3.05, 3.63) is 35.9 Å². The standard InChI is InChI=1S/C18H28N2O2.C3H8/c1-14-6-5-9-16(12-14)18(21)20-13-17(22-11-10-19)15-7-3-2-4-8-15;1-3-2/h2-4,7-8,14,16-17H,5-6,9-13,19H2,1H3,(H,20,21);3H2,1-2H3. The molecule has 3 unspecified atom stereocenters. The molecule has 0 spiro atoms. The van der Waals surface area contributed by atoms with Gasteiger partial charge in [0.25, 0.3) is 0 Å². The zero-order valence-electron chi connectivity index (χ0n) is 16.2. The van der Waals surface area contributed by atoms with Crippen LogP contribution < -0.4 is 11.1 Å². The number of nitrogens with one attached hydrogen (secondary N) is 1. The number of rotatable bonds is 7. The Kier molecular flexibility index (Phi) is 11.2. The Morgan fingerprint density at radius 1 is 1.28 bits per heavy atom. The van der Waals surface area contributed by atoms with E-state index in [2.05, 4.69) is 26.1 Å². The molecule has 3 N–H and O–H groups in total. The van der Waals surface area contributed by atoms with Crippen LogP contribution >= 0.6 is 0 Å². The average molecular weight is 349 g/mol. The third-order valence-electron chi connectivity index (χ3n) is 4.38. The van der Waals surface area contributed by atoms with Crippen LogP contribution in [0.2, 0.25) is 0 Å². The van der Waals surface area contributed by atoms with Crippen molar-refractivity contribution in [3.8, 4) is 0 Å². The molecule has 3 atom stereocenters. The number of nitrogens with two attached hydrogens (primary N) is 1. The lowest BCUT2D eigenvalue weighted by Crippen LogP contribution is -2.36. The van der Waals surface area contributed by atoms with E-state index in [-0.39, 0.29) is 17.9 Å². The minimum atomic E-state index is -0.130. The predicted octanol–water partition coefficient (Wildman–Crippen LogP) is 4.06. The molecule has 0 saturated heterocycles. The highest BCUT2D eigenvalue weighted by molar-refractivity contribution is 5.78. The van der Waals surface area contributed by atoms with Gasteiger partial charge in [0.15, 0.2) is 0 Å². The van der Waals surface area contributed by atoms with Gasteiger partial charge in [0.2, 0.25) is 5.91 Å². The fraction of sp³-hybridized carbons (Fsp3) is 0.667. The summed E-state index contributed by atoms with van der Waals surface area (Å²) < 4.78 is 5.80. The molecule has 4 nitrogen and oxygen atoms in total. The largest absolute Gasteiger partial charge is 0.370 e. The monoisotopic (exact) mass is 348 g/mol. The zero-order chi connectivity index (χ0) is 18.5. The van der Waals surface area contributed by atoms with Crippen LogP contribution in [-0.2, 0) is 9.53 Å². The van der Waals surface area contributed by atoms with Crippen molar-refractivity contribution >= 4 is 5.91 Å². The van der Waals surface area contributed by atoms with Crippen LogP contribution in [0.25, 0.3) is 0 Å². The summed E-state index contributed by atoms with van der Waals surface area (Å²) in [5, 5.41) is 3.08. The van der Waals surface area contributed by atoms with Gasteiger partial charge in [-0.15, -0.1) is 0 Å². The van der Waals surface area contributed by atoms with Gasteiger partial charge in [-0.05, 0) is 24.3 Å². The summed E-state index contributed by atoms with van der Waals surface area (Å²) in [6, 6.07) is 10.00. The zero-order valence-corrected chi connectivity index (χ0v) is 16.2. The Bertz CT molecular complexity index is 464. The number of hydrogen-bond acceptors (Lipinski definition) is 3. The lowest BCUT2D eigenvalue weighted by molar-refractivity contribution is -0.127. The maximum Gasteiger partial charge on any atom is 0.223 e. The summed E-state index contributed by atoms with van der Waals surface area (Å²) in [5.74, 6) is 0.987. The first-order valence-electron chi connectivity index (χ1n) is 9.76. The van der Waals surface area contributed by atoms with E-state index in [0.29, 0.717) is 25.6 Å². The normalized spacial score (nSPS) is 21.0. The van der Waals surface area contributed by atoms with Crippen molar-refractivity contribution in [2.45, 2.75) is 59.0 Å². The second-order valence-electron chi connectivity index (χ2n) is 6.98. The summed E-state index contributed by atoms with van der Waals surface area (Å²) in [6.07, 6.45) is 5.54. The number of carbonyl (C=O) groups is 1. The number of carbonyl (C=O) groups excluding carboxylic acids is 1. The highest BCUT2D eigenvalue weighted by Gasteiger charge is 2.25. The van der Waals surface area contributed by atoms with Gasteiger partial charge in [0.1, 0.15) is 0 Å². The van der Waals surface area contributed by atoms with E-state index < -0.39 is 0 Å². The summed E-state index contributed by atoms with van der Waals surface area (Å²) in [5.41, 5.74) is 6.61. The van der Waals surface area contributed by atoms with E-state index >= 15 is 0 Å². The van der Waals surface area contributed by atoms with E-state index in [4.69, 9.17) is 10.5 Å². The Balaban J connectivity index is 0.000000970. The van der Waals surface area contributed by atoms with E-state index in [1.807, 2.05) is 30.3 Å². The SMILES string of the molecule is CC1CCCC(C(=O)NCC(OCCN)c2ccccc2)C1.CCC. The van der Waals surface area contributed by atoms with Gasteiger partial charge in [0.05, 0.1) is 12.7 Å². The fourth-order valence-corrected chi connectivity index (χ4v) is 3.16. The first-order chi connectivity index (χ1) is 12.1. The molecular formula is C21H36N2O2. The van der Waals surface area contributed by atoms with Crippen LogP contribution in [0.3, 0.4) is 0 Å². The number of benzene rings is 1. The Morgan fingerprint density at radius 3 is 2.56 bits per heavy atom. The fourth-order valence-electron chi connectivity index (χ4n) is 3.16. The van der Waals surface area contributed by atoms with Gasteiger partial charge in [-0.3, -0.25) is 4.79 Å². The molecule has 1 aromatic carbocycles. The number of amides is 1. The number of ether oxygens (including phenoxy) is 1. The maximum atomic E-state index is 12.4. The van der Waals surface area contributed by atoms with Crippen LogP contribution in [0.5, 0.6) is 0 Å². The molecular weight excluding hydrogens is 312 g/mol. The highest BCUT2D eigenvalue weighted by Crippen LogP contribution is 2.28. The minimum absolute atomic E-state index is 0.130. The summed E-state index contributed by atoms with van der Waals surface area (Å²) >= 11 is 0. The summed E-state index contributed by atoms with van der Waals surface area (Å²) in [7, 11) is 0. The topological polar surface area (TPSA) is 64.3 Å². The van der Waals surface area contributed by atoms with E-state index in [1.54, 1.807) is 0 Å². The Morgan fingerprint density at radius 2 is 1.96 bits per heavy atom. The van der Waals surface area contributed by atoms with Crippen molar-refractivity contribution in [1.82, 2.24) is 5.32 Å². The van der Waals surface area contributed by atoms with Crippen LogP contribution in [0.1, 0.15) is 64.5 Å². The van der Waals surface area contributed by atoms with Gasteiger partial charge in [-0.25, -0.2) is 0 Å². The molecule has 2 rings (SSSR count). The van der Waals surface area contributed by atoms with Crippen LogP contribution in [0, 0.1) is 11.8 Å². The molecule has 0 aromatic heterocycles. The second kappa shape index (κ2) is 12.9. The molecule has 0 radical (unpaired) electrons. The van der Waals surface area contributed by atoms with Gasteiger partial charge < -0.3 is 15.8 Å². The lowest BCUT2D eigenvalue weighted by atomic mass is 9.82. The third kappa shape index (κ3) is 8.50. The third-order valence-corrected chi connectivity index (χ3v) is 4.38. The maximum absolute atomic E-state index is 12.4. The van der Waals surface area contributed by atoms with Crippen LogP contribution in [-0.4, -0.2) is 25.6 Å². The van der Waals surface area contributed by atoms with Crippen molar-refractivity contribution in [1.29, 1.82) is 0 Å². The lowest BCUT2D eigenvalue weighted by Gasteiger charge is -2.27. The first-order valence-corrected chi connectivity index (χ1v) is 9.76. The highest BCUT2D eigenvalue weighted by atomic mass is 16.5. The van der Waals surface area contributed by atoms with Crippen molar-refractivity contribution < 1.29 is 9.53 Å². The molecule has 142 valence electrons.